The summed E-state index contributed by atoms with van der Waals surface area (Å²) in [4.78, 5) is 31.0. The van der Waals surface area contributed by atoms with Crippen LogP contribution in [0.3, 0.4) is 0 Å². The van der Waals surface area contributed by atoms with Gasteiger partial charge in [-0.2, -0.15) is 0 Å². The normalized spacial score (nSPS) is 11.5. The van der Waals surface area contributed by atoms with Gasteiger partial charge in [-0.3, -0.25) is 9.52 Å². The van der Waals surface area contributed by atoms with Crippen molar-refractivity contribution in [3.8, 4) is 5.75 Å². The Balaban J connectivity index is 1.71. The fourth-order valence-corrected chi connectivity index (χ4v) is 6.52. The van der Waals surface area contributed by atoms with Crippen molar-refractivity contribution in [2.45, 2.75) is 17.9 Å². The molecule has 204 valence electrons. The lowest BCUT2D eigenvalue weighted by Crippen LogP contribution is -2.23. The summed E-state index contributed by atoms with van der Waals surface area (Å²) in [6.45, 7) is 1.74. The molecular weight excluding hydrogens is 550 g/mol. The van der Waals surface area contributed by atoms with Crippen LogP contribution in [0.4, 0.5) is 5.13 Å². The predicted octanol–water partition coefficient (Wildman–Crippen LogP) is 5.08. The largest absolute Gasteiger partial charge is 0.497 e. The number of nitrogens with zero attached hydrogens (tertiary/aromatic N) is 2. The molecule has 40 heavy (non-hydrogen) atoms. The lowest BCUT2D eigenvalue weighted by atomic mass is 9.98. The highest BCUT2D eigenvalue weighted by Gasteiger charge is 2.26. The molecule has 0 spiro atoms. The van der Waals surface area contributed by atoms with Gasteiger partial charge < -0.3 is 14.0 Å². The third-order valence-electron chi connectivity index (χ3n) is 6.17. The van der Waals surface area contributed by atoms with Gasteiger partial charge in [0.2, 0.25) is 5.43 Å². The van der Waals surface area contributed by atoms with Gasteiger partial charge in [0.25, 0.3) is 10.0 Å². The Morgan fingerprint density at radius 3 is 2.12 bits per heavy atom. The van der Waals surface area contributed by atoms with Crippen LogP contribution in [0.25, 0.3) is 10.3 Å². The Labute approximate surface area is 234 Å². The van der Waals surface area contributed by atoms with E-state index in [2.05, 4.69) is 9.71 Å². The number of sulfonamides is 1. The number of rotatable bonds is 9. The molecule has 9 nitrogen and oxygen atoms in total. The van der Waals surface area contributed by atoms with E-state index in [4.69, 9.17) is 9.47 Å². The minimum atomic E-state index is -4.03. The van der Waals surface area contributed by atoms with Crippen molar-refractivity contribution in [2.75, 3.05) is 18.4 Å². The van der Waals surface area contributed by atoms with Crippen LogP contribution in [0.5, 0.6) is 5.75 Å². The Bertz CT molecular complexity index is 1780. The molecule has 0 saturated carbocycles. The molecule has 0 fully saturated rings. The summed E-state index contributed by atoms with van der Waals surface area (Å²) in [6.07, 6.45) is 1.47. The number of pyridine rings is 1. The van der Waals surface area contributed by atoms with Gasteiger partial charge in [0.1, 0.15) is 21.7 Å². The first-order chi connectivity index (χ1) is 19.3. The lowest BCUT2D eigenvalue weighted by molar-refractivity contribution is 0.0524. The number of fused-ring (bicyclic) bond motifs is 1. The second-order valence-electron chi connectivity index (χ2n) is 8.68. The number of benzene rings is 3. The van der Waals surface area contributed by atoms with Gasteiger partial charge in [-0.1, -0.05) is 72.0 Å². The number of esters is 1. The highest BCUT2D eigenvalue weighted by molar-refractivity contribution is 7.93. The Morgan fingerprint density at radius 1 is 0.975 bits per heavy atom. The number of carbonyl (C=O) groups excluding carboxylic acids is 1. The van der Waals surface area contributed by atoms with Crippen molar-refractivity contribution >= 4 is 42.8 Å². The second-order valence-corrected chi connectivity index (χ2v) is 11.3. The molecule has 1 N–H and O–H groups in total. The molecule has 0 aliphatic carbocycles. The Morgan fingerprint density at radius 2 is 1.57 bits per heavy atom. The minimum Gasteiger partial charge on any atom is -0.497 e. The molecule has 0 bridgehead atoms. The van der Waals surface area contributed by atoms with Gasteiger partial charge >= 0.3 is 5.97 Å². The van der Waals surface area contributed by atoms with Crippen LogP contribution >= 0.6 is 11.3 Å². The molecule has 0 aliphatic rings. The van der Waals surface area contributed by atoms with E-state index in [-0.39, 0.29) is 27.7 Å². The van der Waals surface area contributed by atoms with Crippen LogP contribution in [-0.2, 0) is 14.8 Å². The molecule has 3 aromatic carbocycles. The standard InChI is InChI=1S/C29H25N3O6S2/c1-3-38-28(34)23-18-32(25(19-10-6-4-7-11-19)20-12-8-5-9-13-20)27-24(26(23)33)30-29(39-27)31-40(35,36)22-16-14-21(37-2)15-17-22/h4-18,25H,3H2,1-2H3,(H,30,31). The maximum Gasteiger partial charge on any atom is 0.343 e. The highest BCUT2D eigenvalue weighted by atomic mass is 32.2. The molecule has 0 amide bonds. The average Bonchev–Trinajstić information content (AvgIpc) is 3.39. The van der Waals surface area contributed by atoms with Crippen LogP contribution < -0.4 is 14.9 Å². The van der Waals surface area contributed by atoms with Crippen LogP contribution in [-0.4, -0.2) is 37.7 Å². The van der Waals surface area contributed by atoms with E-state index >= 15 is 0 Å². The highest BCUT2D eigenvalue weighted by Crippen LogP contribution is 2.34. The molecule has 5 aromatic rings. The number of nitrogens with one attached hydrogen (secondary N) is 1. The lowest BCUT2D eigenvalue weighted by Gasteiger charge is -2.23. The number of carbonyl (C=O) groups is 1. The van der Waals surface area contributed by atoms with Crippen molar-refractivity contribution in [2.24, 2.45) is 0 Å². The molecule has 0 radical (unpaired) electrons. The number of hydrogen-bond donors (Lipinski definition) is 1. The number of methoxy groups -OCH3 is 1. The monoisotopic (exact) mass is 575 g/mol. The minimum absolute atomic E-state index is 0.00133. The zero-order valence-electron chi connectivity index (χ0n) is 21.6. The van der Waals surface area contributed by atoms with Gasteiger partial charge in [-0.25, -0.2) is 18.2 Å². The number of aromatic nitrogens is 2. The first-order valence-corrected chi connectivity index (χ1v) is 14.6. The van der Waals surface area contributed by atoms with Crippen LogP contribution in [0.15, 0.2) is 101 Å². The molecule has 0 atom stereocenters. The van der Waals surface area contributed by atoms with E-state index < -0.39 is 27.5 Å². The molecule has 2 heterocycles. The SMILES string of the molecule is CCOC(=O)c1cn(C(c2ccccc2)c2ccccc2)c2sc(NS(=O)(=O)c3ccc(OC)cc3)nc2c1=O. The third kappa shape index (κ3) is 5.33. The Hall–Kier alpha value is -4.48. The van der Waals surface area contributed by atoms with Crippen LogP contribution in [0.2, 0.25) is 0 Å². The fraction of sp³-hybridized carbons (Fsp3) is 0.138. The predicted molar refractivity (Wildman–Crippen MR) is 154 cm³/mol. The summed E-state index contributed by atoms with van der Waals surface area (Å²) < 4.78 is 40.8. The van der Waals surface area contributed by atoms with Crippen molar-refractivity contribution < 1.29 is 22.7 Å². The van der Waals surface area contributed by atoms with Crippen LogP contribution in [0.1, 0.15) is 34.5 Å². The molecule has 5 rings (SSSR count). The summed E-state index contributed by atoms with van der Waals surface area (Å²) in [5.41, 5.74) is 0.904. The third-order valence-corrected chi connectivity index (χ3v) is 8.64. The van der Waals surface area contributed by atoms with E-state index in [0.29, 0.717) is 10.6 Å². The molecule has 11 heteroatoms. The summed E-state index contributed by atoms with van der Waals surface area (Å²) in [6, 6.07) is 24.6. The fourth-order valence-electron chi connectivity index (χ4n) is 4.32. The van der Waals surface area contributed by atoms with Gasteiger partial charge in [-0.05, 0) is 42.3 Å². The summed E-state index contributed by atoms with van der Waals surface area (Å²) in [7, 11) is -2.54. The molecule has 0 aliphatic heterocycles. The van der Waals surface area contributed by atoms with E-state index in [9.17, 15) is 18.0 Å². The summed E-state index contributed by atoms with van der Waals surface area (Å²) in [5.74, 6) is -0.272. The van der Waals surface area contributed by atoms with E-state index in [1.54, 1.807) is 11.5 Å². The van der Waals surface area contributed by atoms with E-state index in [0.717, 1.165) is 22.5 Å². The number of ether oxygens (including phenoxy) is 2. The quantitative estimate of drug-likeness (QED) is 0.244. The van der Waals surface area contributed by atoms with Gasteiger partial charge in [-0.15, -0.1) is 0 Å². The van der Waals surface area contributed by atoms with Crippen molar-refractivity contribution in [3.63, 3.8) is 0 Å². The van der Waals surface area contributed by atoms with Crippen molar-refractivity contribution in [1.29, 1.82) is 0 Å². The average molecular weight is 576 g/mol. The van der Waals surface area contributed by atoms with Crippen LogP contribution in [0, 0.1) is 0 Å². The molecular formula is C29H25N3O6S2. The summed E-state index contributed by atoms with van der Waals surface area (Å²) >= 11 is 1.00. The molecule has 0 saturated heterocycles. The second kappa shape index (κ2) is 11.3. The van der Waals surface area contributed by atoms with E-state index in [1.807, 2.05) is 60.7 Å². The smallest absolute Gasteiger partial charge is 0.343 e. The topological polar surface area (TPSA) is 117 Å². The number of thiazole rings is 1. The van der Waals surface area contributed by atoms with Gasteiger partial charge in [0.15, 0.2) is 5.13 Å². The maximum atomic E-state index is 13.5. The zero-order valence-corrected chi connectivity index (χ0v) is 23.2. The molecule has 0 unspecified atom stereocenters. The summed E-state index contributed by atoms with van der Waals surface area (Å²) in [5, 5.41) is -0.0162. The van der Waals surface area contributed by atoms with Gasteiger partial charge in [0.05, 0.1) is 24.7 Å². The van der Waals surface area contributed by atoms with Gasteiger partial charge in [0, 0.05) is 6.20 Å². The first kappa shape index (κ1) is 27.1. The maximum absolute atomic E-state index is 13.5. The van der Waals surface area contributed by atoms with Crippen molar-refractivity contribution in [3.05, 3.63) is 118 Å². The number of hydrogen-bond acceptors (Lipinski definition) is 8. The van der Waals surface area contributed by atoms with E-state index in [1.165, 1.54) is 37.6 Å². The number of anilines is 1. The molecule has 2 aromatic heterocycles. The Kier molecular flexibility index (Phi) is 7.67. The van der Waals surface area contributed by atoms with Crippen molar-refractivity contribution in [1.82, 2.24) is 9.55 Å². The first-order valence-electron chi connectivity index (χ1n) is 12.3. The zero-order chi connectivity index (χ0) is 28.3.